The highest BCUT2D eigenvalue weighted by molar-refractivity contribution is 7.99. The molecule has 160 valence electrons. The average Bonchev–Trinajstić information content (AvgIpc) is 2.77. The third-order valence-electron chi connectivity index (χ3n) is 5.45. The number of halogens is 1. The van der Waals surface area contributed by atoms with E-state index in [9.17, 15) is 9.18 Å². The summed E-state index contributed by atoms with van der Waals surface area (Å²) in [6, 6.07) is 7.19. The van der Waals surface area contributed by atoms with Crippen molar-refractivity contribution in [3.8, 4) is 0 Å². The first-order valence-electron chi connectivity index (χ1n) is 10.4. The molecule has 1 aliphatic heterocycles. The van der Waals surface area contributed by atoms with E-state index < -0.39 is 0 Å². The summed E-state index contributed by atoms with van der Waals surface area (Å²) >= 11 is 3.43. The fraction of sp³-hybridized carbons (Fsp3) is 0.619. The van der Waals surface area contributed by atoms with Crippen LogP contribution < -0.4 is 10.6 Å². The Morgan fingerprint density at radius 3 is 2.66 bits per heavy atom. The van der Waals surface area contributed by atoms with Gasteiger partial charge in [-0.3, -0.25) is 9.79 Å². The lowest BCUT2D eigenvalue weighted by Crippen LogP contribution is -2.47. The van der Waals surface area contributed by atoms with Gasteiger partial charge in [-0.05, 0) is 37.8 Å². The van der Waals surface area contributed by atoms with E-state index in [-0.39, 0.29) is 11.7 Å². The third-order valence-corrected chi connectivity index (χ3v) is 7.45. The summed E-state index contributed by atoms with van der Waals surface area (Å²) in [6.07, 6.45) is 3.87. The molecule has 3 rings (SSSR count). The maximum absolute atomic E-state index is 13.7. The van der Waals surface area contributed by atoms with Crippen LogP contribution >= 0.6 is 23.5 Å². The lowest BCUT2D eigenvalue weighted by Gasteiger charge is -2.34. The van der Waals surface area contributed by atoms with Gasteiger partial charge in [-0.2, -0.15) is 11.8 Å². The normalized spacial score (nSPS) is 23.0. The number of hydrogen-bond donors (Lipinski definition) is 2. The fourth-order valence-corrected chi connectivity index (χ4v) is 5.51. The molecular formula is C21H31FN4OS2. The largest absolute Gasteiger partial charge is 0.356 e. The molecule has 0 unspecified atom stereocenters. The van der Waals surface area contributed by atoms with Crippen molar-refractivity contribution in [3.63, 3.8) is 0 Å². The predicted molar refractivity (Wildman–Crippen MR) is 121 cm³/mol. The zero-order chi connectivity index (χ0) is 20.5. The number of carbonyl (C=O) groups excluding carboxylic acids is 1. The first-order chi connectivity index (χ1) is 14.2. The van der Waals surface area contributed by atoms with Gasteiger partial charge in [0.05, 0.1) is 0 Å². The smallest absolute Gasteiger partial charge is 0.225 e. The Labute approximate surface area is 181 Å². The average molecular weight is 439 g/mol. The molecule has 0 aromatic heterocycles. The molecule has 8 heteroatoms. The van der Waals surface area contributed by atoms with Gasteiger partial charge in [-0.25, -0.2) is 4.39 Å². The van der Waals surface area contributed by atoms with Crippen molar-refractivity contribution in [2.45, 2.75) is 36.6 Å². The maximum atomic E-state index is 13.7. The molecular weight excluding hydrogens is 407 g/mol. The zero-order valence-electron chi connectivity index (χ0n) is 17.0. The van der Waals surface area contributed by atoms with Gasteiger partial charge in [0.25, 0.3) is 0 Å². The molecule has 1 amide bonds. The molecule has 1 saturated carbocycles. The van der Waals surface area contributed by atoms with Gasteiger partial charge in [-0.1, -0.05) is 12.1 Å². The van der Waals surface area contributed by atoms with Crippen LogP contribution in [0.2, 0.25) is 0 Å². The lowest BCUT2D eigenvalue weighted by molar-refractivity contribution is -0.136. The van der Waals surface area contributed by atoms with Crippen LogP contribution in [0.15, 0.2) is 34.2 Å². The monoisotopic (exact) mass is 438 g/mol. The Bertz CT molecular complexity index is 689. The number of hydrogen-bond acceptors (Lipinski definition) is 4. The summed E-state index contributed by atoms with van der Waals surface area (Å²) in [7, 11) is 1.77. The van der Waals surface area contributed by atoms with Gasteiger partial charge in [0, 0.05) is 60.8 Å². The molecule has 2 N–H and O–H groups in total. The second-order valence-corrected chi connectivity index (χ2v) is 9.77. The summed E-state index contributed by atoms with van der Waals surface area (Å²) in [5.74, 6) is 4.05. The van der Waals surface area contributed by atoms with Gasteiger partial charge >= 0.3 is 0 Å². The van der Waals surface area contributed by atoms with Crippen molar-refractivity contribution >= 4 is 35.4 Å². The topological polar surface area (TPSA) is 56.7 Å². The van der Waals surface area contributed by atoms with E-state index in [0.717, 1.165) is 62.0 Å². The Morgan fingerprint density at radius 1 is 1.24 bits per heavy atom. The highest BCUT2D eigenvalue weighted by Gasteiger charge is 2.30. The van der Waals surface area contributed by atoms with Crippen LogP contribution in [0.4, 0.5) is 4.39 Å². The Hall–Kier alpha value is -1.41. The molecule has 1 saturated heterocycles. The molecule has 1 aromatic rings. The fourth-order valence-electron chi connectivity index (χ4n) is 3.81. The molecule has 0 spiro atoms. The predicted octanol–water partition coefficient (Wildman–Crippen LogP) is 3.22. The summed E-state index contributed by atoms with van der Waals surface area (Å²) in [5.41, 5.74) is 0. The molecule has 29 heavy (non-hydrogen) atoms. The van der Waals surface area contributed by atoms with Crippen LogP contribution in [0.5, 0.6) is 0 Å². The van der Waals surface area contributed by atoms with Gasteiger partial charge < -0.3 is 15.5 Å². The van der Waals surface area contributed by atoms with Crippen LogP contribution in [-0.2, 0) is 4.79 Å². The van der Waals surface area contributed by atoms with E-state index in [2.05, 4.69) is 20.5 Å². The van der Waals surface area contributed by atoms with Crippen molar-refractivity contribution in [3.05, 3.63) is 30.1 Å². The molecule has 5 nitrogen and oxygen atoms in total. The van der Waals surface area contributed by atoms with Crippen molar-refractivity contribution < 1.29 is 9.18 Å². The summed E-state index contributed by atoms with van der Waals surface area (Å²) in [5, 5.41) is 6.79. The number of rotatable bonds is 6. The van der Waals surface area contributed by atoms with Crippen LogP contribution in [0.1, 0.15) is 25.7 Å². The van der Waals surface area contributed by atoms with Crippen LogP contribution in [0.3, 0.4) is 0 Å². The van der Waals surface area contributed by atoms with E-state index in [1.165, 1.54) is 17.8 Å². The van der Waals surface area contributed by atoms with Crippen LogP contribution in [-0.4, -0.2) is 66.7 Å². The number of thioether (sulfide) groups is 2. The zero-order valence-corrected chi connectivity index (χ0v) is 18.7. The molecule has 1 aromatic carbocycles. The number of carbonyl (C=O) groups is 1. The number of amides is 1. The number of aliphatic imine (C=N–C) groups is 1. The quantitative estimate of drug-likeness (QED) is 0.309. The Balaban J connectivity index is 1.35. The lowest BCUT2D eigenvalue weighted by atomic mass is 9.85. The highest BCUT2D eigenvalue weighted by Crippen LogP contribution is 2.27. The standard InChI is InChI=1S/C21H31FN4OS2/c1-23-21(24-10-13-29-19-5-3-2-4-18(19)22)25-17-8-6-16(7-9-17)20(27)26-11-14-28-15-12-26/h2-5,16-17H,6-15H2,1H3,(H2,23,24,25). The minimum absolute atomic E-state index is 0.172. The van der Waals surface area contributed by atoms with Crippen molar-refractivity contribution in [2.24, 2.45) is 10.9 Å². The van der Waals surface area contributed by atoms with E-state index in [4.69, 9.17) is 0 Å². The van der Waals surface area contributed by atoms with Crippen molar-refractivity contribution in [1.29, 1.82) is 0 Å². The van der Waals surface area contributed by atoms with Gasteiger partial charge in [0.15, 0.2) is 5.96 Å². The van der Waals surface area contributed by atoms with Gasteiger partial charge in [-0.15, -0.1) is 11.8 Å². The SMILES string of the molecule is CN=C(NCCSc1ccccc1F)NC1CCC(C(=O)N2CCSCC2)CC1. The highest BCUT2D eigenvalue weighted by atomic mass is 32.2. The third kappa shape index (κ3) is 6.81. The Kier molecular flexibility index (Phi) is 8.98. The molecule has 0 radical (unpaired) electrons. The van der Waals surface area contributed by atoms with Crippen LogP contribution in [0, 0.1) is 11.7 Å². The van der Waals surface area contributed by atoms with Crippen LogP contribution in [0.25, 0.3) is 0 Å². The van der Waals surface area contributed by atoms with E-state index in [0.29, 0.717) is 23.4 Å². The second kappa shape index (κ2) is 11.7. The molecule has 0 atom stereocenters. The molecule has 2 fully saturated rings. The number of guanidine groups is 1. The number of nitrogens with one attached hydrogen (secondary N) is 2. The van der Waals surface area contributed by atoms with E-state index >= 15 is 0 Å². The van der Waals surface area contributed by atoms with E-state index in [1.54, 1.807) is 19.2 Å². The van der Waals surface area contributed by atoms with Crippen molar-refractivity contribution in [2.75, 3.05) is 43.9 Å². The summed E-state index contributed by atoms with van der Waals surface area (Å²) in [4.78, 5) is 19.7. The maximum Gasteiger partial charge on any atom is 0.225 e. The summed E-state index contributed by atoms with van der Waals surface area (Å²) < 4.78 is 13.7. The van der Waals surface area contributed by atoms with E-state index in [1.807, 2.05) is 17.8 Å². The minimum Gasteiger partial charge on any atom is -0.356 e. The molecule has 0 bridgehead atoms. The molecule has 1 heterocycles. The summed E-state index contributed by atoms with van der Waals surface area (Å²) in [6.45, 7) is 2.52. The first kappa shape index (κ1) is 22.3. The number of benzene rings is 1. The first-order valence-corrected chi connectivity index (χ1v) is 12.5. The second-order valence-electron chi connectivity index (χ2n) is 7.41. The van der Waals surface area contributed by atoms with Gasteiger partial charge in [0.1, 0.15) is 5.82 Å². The number of nitrogens with zero attached hydrogens (tertiary/aromatic N) is 2. The minimum atomic E-state index is -0.172. The van der Waals surface area contributed by atoms with Crippen molar-refractivity contribution in [1.82, 2.24) is 15.5 Å². The van der Waals surface area contributed by atoms with Gasteiger partial charge in [0.2, 0.25) is 5.91 Å². The Morgan fingerprint density at radius 2 is 1.97 bits per heavy atom. The molecule has 1 aliphatic carbocycles. The molecule has 2 aliphatic rings.